The fourth-order valence-electron chi connectivity index (χ4n) is 1.72. The van der Waals surface area contributed by atoms with Gasteiger partial charge in [-0.05, 0) is 23.8 Å². The van der Waals surface area contributed by atoms with E-state index in [0.717, 1.165) is 17.0 Å². The molecule has 1 N–H and O–H groups in total. The SMILES string of the molecule is CC(CO)CSCCn1c(=O)oc2ccccc21. The molecule has 0 amide bonds. The Kier molecular flexibility index (Phi) is 4.49. The Morgan fingerprint density at radius 2 is 2.22 bits per heavy atom. The molecule has 1 aromatic heterocycles. The summed E-state index contributed by atoms with van der Waals surface area (Å²) in [5.41, 5.74) is 1.48. The molecule has 0 radical (unpaired) electrons. The standard InChI is InChI=1S/C13H17NO3S/c1-10(8-15)9-18-7-6-14-11-4-2-3-5-12(11)17-13(14)16/h2-5,10,15H,6-9H2,1H3. The van der Waals surface area contributed by atoms with Gasteiger partial charge in [0.2, 0.25) is 0 Å². The van der Waals surface area contributed by atoms with Crippen molar-refractivity contribution < 1.29 is 9.52 Å². The molecule has 1 unspecified atom stereocenters. The number of rotatable bonds is 6. The molecule has 0 saturated heterocycles. The zero-order valence-corrected chi connectivity index (χ0v) is 11.2. The van der Waals surface area contributed by atoms with Gasteiger partial charge in [0.1, 0.15) is 0 Å². The van der Waals surface area contributed by atoms with E-state index in [4.69, 9.17) is 9.52 Å². The first-order valence-corrected chi connectivity index (χ1v) is 7.15. The van der Waals surface area contributed by atoms with Gasteiger partial charge in [0.25, 0.3) is 0 Å². The average molecular weight is 267 g/mol. The summed E-state index contributed by atoms with van der Waals surface area (Å²) in [7, 11) is 0. The molecular weight excluding hydrogens is 250 g/mol. The lowest BCUT2D eigenvalue weighted by Gasteiger charge is -2.07. The van der Waals surface area contributed by atoms with E-state index in [1.807, 2.05) is 25.1 Å². The monoisotopic (exact) mass is 267 g/mol. The summed E-state index contributed by atoms with van der Waals surface area (Å²) in [5.74, 6) is 1.74. The van der Waals surface area contributed by atoms with E-state index in [9.17, 15) is 4.79 Å². The molecule has 0 spiro atoms. The van der Waals surface area contributed by atoms with Gasteiger partial charge in [0, 0.05) is 18.9 Å². The molecule has 0 saturated carbocycles. The van der Waals surface area contributed by atoms with Crippen LogP contribution in [0.4, 0.5) is 0 Å². The summed E-state index contributed by atoms with van der Waals surface area (Å²) in [6, 6.07) is 7.44. The van der Waals surface area contributed by atoms with Gasteiger partial charge in [-0.2, -0.15) is 11.8 Å². The van der Waals surface area contributed by atoms with E-state index in [2.05, 4.69) is 0 Å². The second kappa shape index (κ2) is 6.11. The number of hydrogen-bond acceptors (Lipinski definition) is 4. The molecule has 0 bridgehead atoms. The van der Waals surface area contributed by atoms with Crippen molar-refractivity contribution in [3.05, 3.63) is 34.8 Å². The highest BCUT2D eigenvalue weighted by molar-refractivity contribution is 7.99. The minimum Gasteiger partial charge on any atom is -0.408 e. The average Bonchev–Trinajstić information content (AvgIpc) is 2.70. The molecule has 5 heteroatoms. The number of nitrogens with zero attached hydrogens (tertiary/aromatic N) is 1. The zero-order valence-electron chi connectivity index (χ0n) is 10.3. The molecule has 0 aliphatic heterocycles. The normalized spacial score (nSPS) is 13.0. The molecule has 2 aromatic rings. The number of thioether (sulfide) groups is 1. The van der Waals surface area contributed by atoms with Gasteiger partial charge in [-0.3, -0.25) is 4.57 Å². The van der Waals surface area contributed by atoms with Crippen molar-refractivity contribution in [2.45, 2.75) is 13.5 Å². The molecule has 98 valence electrons. The van der Waals surface area contributed by atoms with Gasteiger partial charge in [-0.1, -0.05) is 19.1 Å². The van der Waals surface area contributed by atoms with E-state index < -0.39 is 0 Å². The molecular formula is C13H17NO3S. The van der Waals surface area contributed by atoms with Crippen LogP contribution < -0.4 is 5.76 Å². The Hall–Kier alpha value is -1.20. The Morgan fingerprint density at radius 3 is 3.00 bits per heavy atom. The highest BCUT2D eigenvalue weighted by Crippen LogP contribution is 2.13. The zero-order chi connectivity index (χ0) is 13.0. The number of aromatic nitrogens is 1. The number of oxazole rings is 1. The third-order valence-electron chi connectivity index (χ3n) is 2.75. The van der Waals surface area contributed by atoms with Crippen LogP contribution in [-0.4, -0.2) is 27.8 Å². The Labute approximate surface area is 110 Å². The summed E-state index contributed by atoms with van der Waals surface area (Å²) >= 11 is 1.74. The van der Waals surface area contributed by atoms with Crippen molar-refractivity contribution in [1.29, 1.82) is 0 Å². The highest BCUT2D eigenvalue weighted by Gasteiger charge is 2.08. The molecule has 1 atom stereocenters. The fourth-order valence-corrected chi connectivity index (χ4v) is 2.70. The predicted molar refractivity (Wildman–Crippen MR) is 74.0 cm³/mol. The number of aliphatic hydroxyl groups excluding tert-OH is 1. The largest absolute Gasteiger partial charge is 0.419 e. The van der Waals surface area contributed by atoms with E-state index in [1.54, 1.807) is 22.4 Å². The Balaban J connectivity index is 1.99. The third kappa shape index (κ3) is 2.97. The van der Waals surface area contributed by atoms with Gasteiger partial charge in [-0.15, -0.1) is 0 Å². The Bertz CT molecular complexity index is 561. The van der Waals surface area contributed by atoms with E-state index in [0.29, 0.717) is 18.0 Å². The number of hydrogen-bond donors (Lipinski definition) is 1. The van der Waals surface area contributed by atoms with Crippen LogP contribution in [0.15, 0.2) is 33.5 Å². The van der Waals surface area contributed by atoms with Crippen LogP contribution in [0.3, 0.4) is 0 Å². The number of para-hydroxylation sites is 2. The maximum Gasteiger partial charge on any atom is 0.419 e. The van der Waals surface area contributed by atoms with Crippen LogP contribution >= 0.6 is 11.8 Å². The number of aliphatic hydroxyl groups is 1. The lowest BCUT2D eigenvalue weighted by molar-refractivity contribution is 0.250. The van der Waals surface area contributed by atoms with Crippen LogP contribution in [0.5, 0.6) is 0 Å². The second-order valence-electron chi connectivity index (χ2n) is 4.35. The number of aryl methyl sites for hydroxylation is 1. The maximum absolute atomic E-state index is 11.7. The van der Waals surface area contributed by atoms with Crippen LogP contribution in [0.2, 0.25) is 0 Å². The second-order valence-corrected chi connectivity index (χ2v) is 5.50. The fraction of sp³-hybridized carbons (Fsp3) is 0.462. The van der Waals surface area contributed by atoms with Crippen molar-refractivity contribution in [2.24, 2.45) is 5.92 Å². The summed E-state index contributed by atoms with van der Waals surface area (Å²) in [6.07, 6.45) is 0. The summed E-state index contributed by atoms with van der Waals surface area (Å²) < 4.78 is 6.82. The van der Waals surface area contributed by atoms with E-state index in [-0.39, 0.29) is 12.4 Å². The molecule has 4 nitrogen and oxygen atoms in total. The third-order valence-corrected chi connectivity index (χ3v) is 4.02. The van der Waals surface area contributed by atoms with E-state index in [1.165, 1.54) is 0 Å². The first-order valence-electron chi connectivity index (χ1n) is 5.99. The molecule has 18 heavy (non-hydrogen) atoms. The quantitative estimate of drug-likeness (QED) is 0.813. The van der Waals surface area contributed by atoms with Gasteiger partial charge >= 0.3 is 5.76 Å². The topological polar surface area (TPSA) is 55.4 Å². The molecule has 1 heterocycles. The summed E-state index contributed by atoms with van der Waals surface area (Å²) in [6.45, 7) is 2.85. The van der Waals surface area contributed by atoms with Crippen LogP contribution in [0, 0.1) is 5.92 Å². The van der Waals surface area contributed by atoms with E-state index >= 15 is 0 Å². The van der Waals surface area contributed by atoms with Crippen LogP contribution in [0.25, 0.3) is 11.1 Å². The van der Waals surface area contributed by atoms with Crippen molar-refractivity contribution in [3.63, 3.8) is 0 Å². The first-order chi connectivity index (χ1) is 8.72. The molecule has 0 fully saturated rings. The Morgan fingerprint density at radius 1 is 1.44 bits per heavy atom. The lowest BCUT2D eigenvalue weighted by Crippen LogP contribution is -2.16. The molecule has 0 aliphatic carbocycles. The number of fused-ring (bicyclic) bond motifs is 1. The molecule has 0 aliphatic rings. The van der Waals surface area contributed by atoms with Crippen LogP contribution in [0.1, 0.15) is 6.92 Å². The minimum atomic E-state index is -0.299. The summed E-state index contributed by atoms with van der Waals surface area (Å²) in [4.78, 5) is 11.7. The minimum absolute atomic E-state index is 0.210. The van der Waals surface area contributed by atoms with Crippen molar-refractivity contribution in [2.75, 3.05) is 18.1 Å². The van der Waals surface area contributed by atoms with Gasteiger partial charge in [-0.25, -0.2) is 4.79 Å². The first kappa shape index (κ1) is 13.2. The van der Waals surface area contributed by atoms with Gasteiger partial charge in [0.05, 0.1) is 5.52 Å². The van der Waals surface area contributed by atoms with Gasteiger partial charge < -0.3 is 9.52 Å². The highest BCUT2D eigenvalue weighted by atomic mass is 32.2. The van der Waals surface area contributed by atoms with Crippen molar-refractivity contribution >= 4 is 22.9 Å². The van der Waals surface area contributed by atoms with Gasteiger partial charge in [0.15, 0.2) is 5.58 Å². The molecule has 1 aromatic carbocycles. The lowest BCUT2D eigenvalue weighted by atomic mass is 10.2. The van der Waals surface area contributed by atoms with Crippen molar-refractivity contribution in [3.8, 4) is 0 Å². The smallest absolute Gasteiger partial charge is 0.408 e. The molecule has 2 rings (SSSR count). The maximum atomic E-state index is 11.7. The van der Waals surface area contributed by atoms with Crippen LogP contribution in [-0.2, 0) is 6.54 Å². The summed E-state index contributed by atoms with van der Waals surface area (Å²) in [5, 5.41) is 8.92. The predicted octanol–water partition coefficient (Wildman–Crippen LogP) is 1.96. The van der Waals surface area contributed by atoms with Crippen molar-refractivity contribution in [1.82, 2.24) is 4.57 Å². The number of benzene rings is 1.